The van der Waals surface area contributed by atoms with E-state index in [0.717, 1.165) is 10.2 Å². The molecule has 1 amide bonds. The number of carbonyl (C=O) groups excluding carboxylic acids is 1. The fraction of sp³-hybridized carbons (Fsp3) is 0.0625. The molecule has 0 spiro atoms. The summed E-state index contributed by atoms with van der Waals surface area (Å²) >= 11 is 1.51. The van der Waals surface area contributed by atoms with Crippen LogP contribution in [0, 0.1) is 0 Å². The van der Waals surface area contributed by atoms with Gasteiger partial charge in [0.05, 0.1) is 21.5 Å². The van der Waals surface area contributed by atoms with Crippen LogP contribution in [-0.4, -0.2) is 30.7 Å². The smallest absolute Gasteiger partial charge is 0.273 e. The van der Waals surface area contributed by atoms with Gasteiger partial charge in [0.1, 0.15) is 6.33 Å². The van der Waals surface area contributed by atoms with Crippen LogP contribution >= 0.6 is 11.3 Å². The van der Waals surface area contributed by atoms with Gasteiger partial charge in [-0.2, -0.15) is 4.68 Å². The van der Waals surface area contributed by atoms with Crippen molar-refractivity contribution in [3.8, 4) is 5.69 Å². The molecule has 8 nitrogen and oxygen atoms in total. The maximum Gasteiger partial charge on any atom is 0.273 e. The van der Waals surface area contributed by atoms with E-state index in [1.165, 1.54) is 22.3 Å². The summed E-state index contributed by atoms with van der Waals surface area (Å²) < 4.78 is 4.48. The Balaban J connectivity index is 1.68. The molecule has 4 aromatic rings. The summed E-state index contributed by atoms with van der Waals surface area (Å²) in [6.07, 6.45) is 1.44. The summed E-state index contributed by atoms with van der Waals surface area (Å²) in [7, 11) is 1.92. The Morgan fingerprint density at radius 2 is 1.96 bits per heavy atom. The lowest BCUT2D eigenvalue weighted by Crippen LogP contribution is -2.24. The fourth-order valence-electron chi connectivity index (χ4n) is 2.48. The molecule has 9 heteroatoms. The number of tetrazole rings is 1. The van der Waals surface area contributed by atoms with Gasteiger partial charge in [-0.15, -0.1) is 10.2 Å². The van der Waals surface area contributed by atoms with Crippen molar-refractivity contribution in [2.24, 2.45) is 12.1 Å². The Kier molecular flexibility index (Phi) is 3.82. The number of amides is 1. The maximum absolute atomic E-state index is 12.6. The summed E-state index contributed by atoms with van der Waals surface area (Å²) in [5, 5.41) is 15.3. The molecule has 0 saturated carbocycles. The van der Waals surface area contributed by atoms with Gasteiger partial charge in [-0.3, -0.25) is 4.79 Å². The Labute approximate surface area is 146 Å². The molecule has 0 saturated heterocycles. The van der Waals surface area contributed by atoms with Crippen molar-refractivity contribution in [3.63, 3.8) is 0 Å². The molecule has 25 heavy (non-hydrogen) atoms. The molecule has 0 aliphatic heterocycles. The lowest BCUT2D eigenvalue weighted by atomic mass is 10.1. The number of carbonyl (C=O) groups is 1. The van der Waals surface area contributed by atoms with Gasteiger partial charge >= 0.3 is 0 Å². The SMILES string of the molecule is Cn1/c(=N/NC(=O)c2ccccc2-n2cnnn2)sc2ccccc21. The molecule has 1 N–H and O–H groups in total. The maximum atomic E-state index is 12.6. The van der Waals surface area contributed by atoms with E-state index in [2.05, 4.69) is 26.1 Å². The van der Waals surface area contributed by atoms with Gasteiger partial charge in [0, 0.05) is 7.05 Å². The normalized spacial score (nSPS) is 11.8. The van der Waals surface area contributed by atoms with Gasteiger partial charge in [-0.05, 0) is 34.7 Å². The Morgan fingerprint density at radius 1 is 1.16 bits per heavy atom. The van der Waals surface area contributed by atoms with E-state index < -0.39 is 0 Å². The number of aryl methyl sites for hydroxylation is 1. The first-order valence-electron chi connectivity index (χ1n) is 7.45. The van der Waals surface area contributed by atoms with Crippen molar-refractivity contribution >= 4 is 27.5 Å². The molecule has 4 rings (SSSR count). The van der Waals surface area contributed by atoms with Crippen LogP contribution < -0.4 is 10.2 Å². The molecule has 2 heterocycles. The van der Waals surface area contributed by atoms with Crippen LogP contribution in [0.25, 0.3) is 15.9 Å². The molecular weight excluding hydrogens is 338 g/mol. The first-order chi connectivity index (χ1) is 12.2. The Morgan fingerprint density at radius 3 is 2.76 bits per heavy atom. The Hall–Kier alpha value is -3.33. The molecule has 0 bridgehead atoms. The van der Waals surface area contributed by atoms with E-state index >= 15 is 0 Å². The second kappa shape index (κ2) is 6.29. The first-order valence-corrected chi connectivity index (χ1v) is 8.27. The molecule has 0 aliphatic rings. The third kappa shape index (κ3) is 2.81. The number of aromatic nitrogens is 5. The number of rotatable bonds is 3. The molecule has 0 unspecified atom stereocenters. The largest absolute Gasteiger partial charge is 0.318 e. The molecule has 0 aliphatic carbocycles. The number of benzene rings is 2. The minimum Gasteiger partial charge on any atom is -0.318 e. The average Bonchev–Trinajstić information content (AvgIpc) is 3.29. The van der Waals surface area contributed by atoms with Gasteiger partial charge in [0.2, 0.25) is 4.80 Å². The summed E-state index contributed by atoms with van der Waals surface area (Å²) in [6.45, 7) is 0. The van der Waals surface area contributed by atoms with Crippen LogP contribution in [0.2, 0.25) is 0 Å². The van der Waals surface area contributed by atoms with Gasteiger partial charge in [0.25, 0.3) is 5.91 Å². The minimum absolute atomic E-state index is 0.330. The zero-order valence-electron chi connectivity index (χ0n) is 13.2. The van der Waals surface area contributed by atoms with Crippen molar-refractivity contribution in [1.29, 1.82) is 0 Å². The van der Waals surface area contributed by atoms with Crippen molar-refractivity contribution in [2.75, 3.05) is 0 Å². The van der Waals surface area contributed by atoms with Crippen molar-refractivity contribution in [2.45, 2.75) is 0 Å². The Bertz CT molecular complexity index is 1110. The van der Waals surface area contributed by atoms with E-state index in [9.17, 15) is 4.79 Å². The summed E-state index contributed by atoms with van der Waals surface area (Å²) in [5.74, 6) is -0.330. The minimum atomic E-state index is -0.330. The van der Waals surface area contributed by atoms with E-state index in [1.54, 1.807) is 18.2 Å². The molecule has 0 radical (unpaired) electrons. The highest BCUT2D eigenvalue weighted by molar-refractivity contribution is 7.16. The summed E-state index contributed by atoms with van der Waals surface area (Å²) in [6, 6.07) is 15.0. The monoisotopic (exact) mass is 351 g/mol. The zero-order chi connectivity index (χ0) is 17.2. The van der Waals surface area contributed by atoms with E-state index in [1.807, 2.05) is 41.9 Å². The van der Waals surface area contributed by atoms with Gasteiger partial charge in [0.15, 0.2) is 0 Å². The van der Waals surface area contributed by atoms with E-state index in [-0.39, 0.29) is 5.91 Å². The molecular formula is C16H13N7OS. The van der Waals surface area contributed by atoms with Gasteiger partial charge < -0.3 is 4.57 Å². The molecule has 2 aromatic carbocycles. The standard InChI is InChI=1S/C16H13N7OS/c1-22-13-8-4-5-9-14(13)25-16(22)19-18-15(24)11-6-2-3-7-12(11)23-10-17-20-21-23/h2-10H,1H3,(H,18,24)/b19-16-. The molecule has 0 atom stereocenters. The predicted molar refractivity (Wildman–Crippen MR) is 93.0 cm³/mol. The zero-order valence-corrected chi connectivity index (χ0v) is 14.0. The number of nitrogens with one attached hydrogen (secondary N) is 1. The molecule has 0 fully saturated rings. The summed E-state index contributed by atoms with van der Waals surface area (Å²) in [5.41, 5.74) is 4.69. The lowest BCUT2D eigenvalue weighted by molar-refractivity contribution is 0.0953. The van der Waals surface area contributed by atoms with Crippen LogP contribution in [-0.2, 0) is 7.05 Å². The number of thiazole rings is 1. The quantitative estimate of drug-likeness (QED) is 0.566. The van der Waals surface area contributed by atoms with Crippen LogP contribution in [0.5, 0.6) is 0 Å². The highest BCUT2D eigenvalue weighted by Crippen LogP contribution is 2.15. The third-order valence-corrected chi connectivity index (χ3v) is 4.83. The van der Waals surface area contributed by atoms with Crippen LogP contribution in [0.15, 0.2) is 60.0 Å². The fourth-order valence-corrected chi connectivity index (χ4v) is 3.46. The average molecular weight is 351 g/mol. The van der Waals surface area contributed by atoms with Gasteiger partial charge in [-0.25, -0.2) is 5.43 Å². The first kappa shape index (κ1) is 15.2. The van der Waals surface area contributed by atoms with Crippen LogP contribution in [0.1, 0.15) is 10.4 Å². The van der Waals surface area contributed by atoms with Crippen molar-refractivity contribution < 1.29 is 4.79 Å². The second-order valence-electron chi connectivity index (χ2n) is 5.24. The number of nitrogens with zero attached hydrogens (tertiary/aromatic N) is 6. The number of para-hydroxylation sites is 2. The van der Waals surface area contributed by atoms with Crippen molar-refractivity contribution in [1.82, 2.24) is 30.2 Å². The third-order valence-electron chi connectivity index (χ3n) is 3.71. The van der Waals surface area contributed by atoms with Crippen molar-refractivity contribution in [3.05, 3.63) is 65.2 Å². The highest BCUT2D eigenvalue weighted by Gasteiger charge is 2.13. The molecule has 124 valence electrons. The lowest BCUT2D eigenvalue weighted by Gasteiger charge is -2.06. The van der Waals surface area contributed by atoms with E-state index in [0.29, 0.717) is 16.1 Å². The molecule has 2 aromatic heterocycles. The topological polar surface area (TPSA) is 90.0 Å². The highest BCUT2D eigenvalue weighted by atomic mass is 32.1. The van der Waals surface area contributed by atoms with Crippen LogP contribution in [0.4, 0.5) is 0 Å². The summed E-state index contributed by atoms with van der Waals surface area (Å²) in [4.78, 5) is 13.3. The van der Waals surface area contributed by atoms with Crippen LogP contribution in [0.3, 0.4) is 0 Å². The number of fused-ring (bicyclic) bond motifs is 1. The predicted octanol–water partition coefficient (Wildman–Crippen LogP) is 1.46. The number of hydrogen-bond acceptors (Lipinski definition) is 6. The van der Waals surface area contributed by atoms with E-state index in [4.69, 9.17) is 0 Å². The van der Waals surface area contributed by atoms with Gasteiger partial charge in [-0.1, -0.05) is 35.6 Å². The number of hydrogen-bond donors (Lipinski definition) is 1. The second-order valence-corrected chi connectivity index (χ2v) is 6.24.